The number of benzene rings is 2. The first-order chi connectivity index (χ1) is 10.1. The molecule has 0 saturated carbocycles. The summed E-state index contributed by atoms with van der Waals surface area (Å²) >= 11 is 11.3. The van der Waals surface area contributed by atoms with Crippen LogP contribution in [0.15, 0.2) is 54.6 Å². The quantitative estimate of drug-likeness (QED) is 0.865. The van der Waals surface area contributed by atoms with E-state index in [0.29, 0.717) is 5.56 Å². The van der Waals surface area contributed by atoms with Crippen LogP contribution in [0.1, 0.15) is 15.9 Å². The van der Waals surface area contributed by atoms with E-state index in [9.17, 15) is 4.79 Å². The first kappa shape index (κ1) is 14.0. The Labute approximate surface area is 132 Å². The zero-order chi connectivity index (χ0) is 14.8. The number of carbonyl (C=O) groups excluding carboxylic acids is 1. The van der Waals surface area contributed by atoms with E-state index >= 15 is 0 Å². The maximum Gasteiger partial charge on any atom is 0.252 e. The molecule has 0 radical (unpaired) electrons. The lowest BCUT2D eigenvalue weighted by atomic mass is 10.1. The average Bonchev–Trinajstić information content (AvgIpc) is 2.98. The van der Waals surface area contributed by atoms with Crippen LogP contribution in [-0.2, 0) is 0 Å². The van der Waals surface area contributed by atoms with Crippen molar-refractivity contribution in [2.75, 3.05) is 11.6 Å². The van der Waals surface area contributed by atoms with Gasteiger partial charge in [-0.2, -0.15) is 0 Å². The van der Waals surface area contributed by atoms with E-state index in [4.69, 9.17) is 23.2 Å². The molecule has 0 fully saturated rings. The molecule has 3 rings (SSSR count). The van der Waals surface area contributed by atoms with Gasteiger partial charge in [0.25, 0.3) is 5.24 Å². The highest BCUT2D eigenvalue weighted by Gasteiger charge is 2.15. The Morgan fingerprint density at radius 1 is 1.05 bits per heavy atom. The maximum atomic E-state index is 11.1. The van der Waals surface area contributed by atoms with Gasteiger partial charge < -0.3 is 0 Å². The summed E-state index contributed by atoms with van der Waals surface area (Å²) < 4.78 is 0. The van der Waals surface area contributed by atoms with E-state index in [1.54, 1.807) is 12.1 Å². The molecule has 0 amide bonds. The number of halogens is 2. The minimum Gasteiger partial charge on any atom is -0.298 e. The molecule has 0 aromatic heterocycles. The molecule has 1 aliphatic rings. The number of hydrogen-bond donors (Lipinski definition) is 1. The molecule has 2 aromatic rings. The molecular weight excluding hydrogens is 307 g/mol. The Morgan fingerprint density at radius 3 is 2.33 bits per heavy atom. The number of anilines is 1. The lowest BCUT2D eigenvalue weighted by Gasteiger charge is -2.20. The van der Waals surface area contributed by atoms with Crippen LogP contribution in [0.4, 0.5) is 5.69 Å². The Morgan fingerprint density at radius 2 is 1.71 bits per heavy atom. The highest BCUT2D eigenvalue weighted by atomic mass is 35.5. The fraction of sp³-hybridized carbons (Fsp3) is 0.0625. The molecule has 0 saturated heterocycles. The molecule has 1 heterocycles. The predicted molar refractivity (Wildman–Crippen MR) is 86.5 cm³/mol. The van der Waals surface area contributed by atoms with Gasteiger partial charge in [-0.25, -0.2) is 0 Å². The zero-order valence-corrected chi connectivity index (χ0v) is 12.5. The van der Waals surface area contributed by atoms with Gasteiger partial charge in [-0.15, -0.1) is 0 Å². The smallest absolute Gasteiger partial charge is 0.252 e. The third-order valence-electron chi connectivity index (χ3n) is 3.29. The minimum absolute atomic E-state index is 0.448. The predicted octanol–water partition coefficient (Wildman–Crippen LogP) is 4.08. The van der Waals surface area contributed by atoms with Crippen LogP contribution >= 0.6 is 23.2 Å². The summed E-state index contributed by atoms with van der Waals surface area (Å²) in [6.45, 7) is 0.742. The van der Waals surface area contributed by atoms with Crippen molar-refractivity contribution >= 4 is 39.8 Å². The SMILES string of the molecule is O=C(Cl)c1ccc(N2CC=C(c3ccc(Cl)cc3)N2)cc1. The van der Waals surface area contributed by atoms with Crippen LogP contribution < -0.4 is 10.4 Å². The second kappa shape index (κ2) is 5.80. The second-order valence-electron chi connectivity index (χ2n) is 4.67. The Balaban J connectivity index is 1.73. The molecule has 0 aliphatic carbocycles. The molecule has 0 unspecified atom stereocenters. The molecule has 0 atom stereocenters. The molecular formula is C16H12Cl2N2O. The van der Waals surface area contributed by atoms with Crippen LogP contribution in [0, 0.1) is 0 Å². The average molecular weight is 319 g/mol. The topological polar surface area (TPSA) is 32.3 Å². The highest BCUT2D eigenvalue weighted by molar-refractivity contribution is 6.67. The molecule has 5 heteroatoms. The van der Waals surface area contributed by atoms with E-state index in [2.05, 4.69) is 11.5 Å². The van der Waals surface area contributed by atoms with Gasteiger partial charge >= 0.3 is 0 Å². The molecule has 0 spiro atoms. The van der Waals surface area contributed by atoms with Gasteiger partial charge in [0.1, 0.15) is 0 Å². The molecule has 0 bridgehead atoms. The van der Waals surface area contributed by atoms with Gasteiger partial charge in [-0.3, -0.25) is 15.2 Å². The van der Waals surface area contributed by atoms with Gasteiger partial charge in [0.15, 0.2) is 0 Å². The maximum absolute atomic E-state index is 11.1. The number of carbonyl (C=O) groups is 1. The Hall–Kier alpha value is -1.97. The van der Waals surface area contributed by atoms with Crippen LogP contribution in [-0.4, -0.2) is 11.8 Å². The van der Waals surface area contributed by atoms with Crippen molar-refractivity contribution in [3.8, 4) is 0 Å². The summed E-state index contributed by atoms with van der Waals surface area (Å²) in [6.07, 6.45) is 2.10. The molecule has 3 nitrogen and oxygen atoms in total. The van der Waals surface area contributed by atoms with E-state index in [-0.39, 0.29) is 0 Å². The molecule has 21 heavy (non-hydrogen) atoms. The van der Waals surface area contributed by atoms with Gasteiger partial charge in [0, 0.05) is 10.6 Å². The van der Waals surface area contributed by atoms with Crippen molar-refractivity contribution in [1.29, 1.82) is 0 Å². The van der Waals surface area contributed by atoms with Crippen molar-refractivity contribution in [3.63, 3.8) is 0 Å². The Kier molecular flexibility index (Phi) is 3.86. The number of nitrogens with one attached hydrogen (secondary N) is 1. The summed E-state index contributed by atoms with van der Waals surface area (Å²) in [5.74, 6) is 0. The van der Waals surface area contributed by atoms with Crippen molar-refractivity contribution in [1.82, 2.24) is 5.43 Å². The van der Waals surface area contributed by atoms with Crippen LogP contribution in [0.2, 0.25) is 5.02 Å². The fourth-order valence-corrected chi connectivity index (χ4v) is 2.43. The third-order valence-corrected chi connectivity index (χ3v) is 3.76. The summed E-state index contributed by atoms with van der Waals surface area (Å²) in [5, 5.41) is 2.26. The number of nitrogens with zero attached hydrogens (tertiary/aromatic N) is 1. The Bertz CT molecular complexity index is 693. The minimum atomic E-state index is -0.448. The number of hydrazine groups is 1. The fourth-order valence-electron chi connectivity index (χ4n) is 2.17. The molecule has 1 aliphatic heterocycles. The van der Waals surface area contributed by atoms with Gasteiger partial charge in [0.05, 0.1) is 17.9 Å². The third kappa shape index (κ3) is 3.04. The highest BCUT2D eigenvalue weighted by Crippen LogP contribution is 2.23. The van der Waals surface area contributed by atoms with E-state index in [1.165, 1.54) is 0 Å². The van der Waals surface area contributed by atoms with E-state index in [0.717, 1.165) is 28.5 Å². The van der Waals surface area contributed by atoms with Crippen molar-refractivity contribution in [2.45, 2.75) is 0 Å². The van der Waals surface area contributed by atoms with Crippen molar-refractivity contribution < 1.29 is 4.79 Å². The van der Waals surface area contributed by atoms with Crippen LogP contribution in [0.25, 0.3) is 5.70 Å². The summed E-state index contributed by atoms with van der Waals surface area (Å²) in [7, 11) is 0. The largest absolute Gasteiger partial charge is 0.298 e. The van der Waals surface area contributed by atoms with Gasteiger partial charge in [0.2, 0.25) is 0 Å². The van der Waals surface area contributed by atoms with Crippen LogP contribution in [0.5, 0.6) is 0 Å². The number of hydrogen-bond acceptors (Lipinski definition) is 3. The summed E-state index contributed by atoms with van der Waals surface area (Å²) in [6, 6.07) is 14.8. The van der Waals surface area contributed by atoms with Crippen molar-refractivity contribution in [3.05, 3.63) is 70.8 Å². The van der Waals surface area contributed by atoms with Gasteiger partial charge in [-0.1, -0.05) is 23.7 Å². The number of rotatable bonds is 3. The first-order valence-electron chi connectivity index (χ1n) is 6.44. The van der Waals surface area contributed by atoms with Crippen LogP contribution in [0.3, 0.4) is 0 Å². The molecule has 1 N–H and O–H groups in total. The standard InChI is InChI=1S/C16H12Cl2N2O/c17-13-5-1-11(2-6-13)15-9-10-20(19-15)14-7-3-12(4-8-14)16(18)21/h1-9,19H,10H2. The zero-order valence-electron chi connectivity index (χ0n) is 11.0. The second-order valence-corrected chi connectivity index (χ2v) is 5.45. The molecule has 106 valence electrons. The molecule has 2 aromatic carbocycles. The van der Waals surface area contributed by atoms with Gasteiger partial charge in [-0.05, 0) is 59.6 Å². The normalized spacial score (nSPS) is 13.8. The first-order valence-corrected chi connectivity index (χ1v) is 7.19. The summed E-state index contributed by atoms with van der Waals surface area (Å²) in [4.78, 5) is 11.1. The van der Waals surface area contributed by atoms with Crippen molar-refractivity contribution in [2.24, 2.45) is 0 Å². The lowest BCUT2D eigenvalue weighted by molar-refractivity contribution is 0.108. The monoisotopic (exact) mass is 318 g/mol. The summed E-state index contributed by atoms with van der Waals surface area (Å²) in [5.41, 5.74) is 6.90. The van der Waals surface area contributed by atoms with E-state index < -0.39 is 5.24 Å². The van der Waals surface area contributed by atoms with E-state index in [1.807, 2.05) is 41.4 Å². The lowest BCUT2D eigenvalue weighted by Crippen LogP contribution is -2.31.